The van der Waals surface area contributed by atoms with Crippen LogP contribution < -0.4 is 0 Å². The third-order valence-corrected chi connectivity index (χ3v) is 9.48. The summed E-state index contributed by atoms with van der Waals surface area (Å²) >= 11 is 0. The molecule has 0 saturated carbocycles. The lowest BCUT2D eigenvalue weighted by molar-refractivity contribution is 0.553. The Hall–Kier alpha value is -6.60. The quantitative estimate of drug-likeness (QED) is 0.189. The molecule has 49 heavy (non-hydrogen) atoms. The van der Waals surface area contributed by atoms with Crippen LogP contribution in [0, 0.1) is 0 Å². The zero-order valence-corrected chi connectivity index (χ0v) is 26.4. The van der Waals surface area contributed by atoms with E-state index in [9.17, 15) is 0 Å². The number of hydrogen-bond acceptors (Lipinski definition) is 5. The summed E-state index contributed by atoms with van der Waals surface area (Å²) in [6, 6.07) is 44.0. The van der Waals surface area contributed by atoms with Crippen molar-refractivity contribution in [3.8, 4) is 34.2 Å². The maximum absolute atomic E-state index is 6.53. The smallest absolute Gasteiger partial charge is 0.248 e. The Labute approximate surface area is 281 Å². The van der Waals surface area contributed by atoms with Crippen molar-refractivity contribution in [3.63, 3.8) is 0 Å². The Kier molecular flexibility index (Phi) is 6.17. The molecular weight excluding hydrogens is 605 g/mol. The average Bonchev–Trinajstić information content (AvgIpc) is 3.89. The van der Waals surface area contributed by atoms with Gasteiger partial charge in [-0.25, -0.2) is 4.98 Å². The van der Waals surface area contributed by atoms with Crippen LogP contribution in [0.5, 0.6) is 0 Å². The number of hydrogen-bond donors (Lipinski definition) is 0. The minimum absolute atomic E-state index is 0.496. The van der Waals surface area contributed by atoms with Crippen LogP contribution >= 0.6 is 0 Å². The topological polar surface area (TPSA) is 74.6 Å². The predicted octanol–water partition coefficient (Wildman–Crippen LogP) is 9.61. The van der Waals surface area contributed by atoms with Gasteiger partial charge in [0.25, 0.3) is 0 Å². The first kappa shape index (κ1) is 27.5. The summed E-state index contributed by atoms with van der Waals surface area (Å²) in [6.07, 6.45) is 7.58. The SMILES string of the molecule is C1=C(c2nnc(-c3ccc4c(c3)c3ccccc3n4-c3ccccc3)o2)c2c(n(-c3cccc(-c4cccnc4)n3)c3ccccc23)CC1. The second-order valence-electron chi connectivity index (χ2n) is 12.3. The molecule has 232 valence electrons. The van der Waals surface area contributed by atoms with Crippen molar-refractivity contribution in [3.05, 3.63) is 163 Å². The Morgan fingerprint density at radius 1 is 0.592 bits per heavy atom. The van der Waals surface area contributed by atoms with Gasteiger partial charge in [0.1, 0.15) is 5.82 Å². The molecule has 1 aliphatic rings. The van der Waals surface area contributed by atoms with Gasteiger partial charge < -0.3 is 8.98 Å². The fraction of sp³-hybridized carbons (Fsp3) is 0.0476. The highest BCUT2D eigenvalue weighted by molar-refractivity contribution is 6.10. The Morgan fingerprint density at radius 2 is 1.37 bits per heavy atom. The lowest BCUT2D eigenvalue weighted by Crippen LogP contribution is -2.07. The van der Waals surface area contributed by atoms with Gasteiger partial charge in [-0.15, -0.1) is 10.2 Å². The van der Waals surface area contributed by atoms with Gasteiger partial charge in [0.15, 0.2) is 0 Å². The molecule has 0 amide bonds. The van der Waals surface area contributed by atoms with Crippen molar-refractivity contribution < 1.29 is 4.42 Å². The monoisotopic (exact) mass is 632 g/mol. The molecule has 0 atom stereocenters. The van der Waals surface area contributed by atoms with E-state index in [1.165, 1.54) is 11.1 Å². The highest BCUT2D eigenvalue weighted by atomic mass is 16.4. The third kappa shape index (κ3) is 4.36. The largest absolute Gasteiger partial charge is 0.416 e. The lowest BCUT2D eigenvalue weighted by atomic mass is 9.94. The van der Waals surface area contributed by atoms with Gasteiger partial charge in [-0.3, -0.25) is 9.55 Å². The number of nitrogens with zero attached hydrogens (tertiary/aromatic N) is 6. The molecule has 10 rings (SSSR count). The van der Waals surface area contributed by atoms with Gasteiger partial charge in [-0.1, -0.05) is 66.7 Å². The van der Waals surface area contributed by atoms with Crippen molar-refractivity contribution >= 4 is 38.3 Å². The van der Waals surface area contributed by atoms with Gasteiger partial charge in [-0.2, -0.15) is 0 Å². The number of fused-ring (bicyclic) bond motifs is 6. The van der Waals surface area contributed by atoms with Crippen LogP contribution in [0.3, 0.4) is 0 Å². The average molecular weight is 633 g/mol. The normalized spacial score (nSPS) is 12.9. The first-order valence-electron chi connectivity index (χ1n) is 16.5. The first-order chi connectivity index (χ1) is 24.3. The van der Waals surface area contributed by atoms with E-state index in [1.807, 2.05) is 30.5 Å². The highest BCUT2D eigenvalue weighted by Crippen LogP contribution is 2.41. The fourth-order valence-electron chi connectivity index (χ4n) is 7.37. The molecule has 0 saturated heterocycles. The lowest BCUT2D eigenvalue weighted by Gasteiger charge is -2.16. The summed E-state index contributed by atoms with van der Waals surface area (Å²) in [6.45, 7) is 0. The number of rotatable bonds is 5. The summed E-state index contributed by atoms with van der Waals surface area (Å²) in [7, 11) is 0. The Balaban J connectivity index is 1.08. The number of pyridine rings is 2. The van der Waals surface area contributed by atoms with Crippen LogP contribution in [0.4, 0.5) is 0 Å². The van der Waals surface area contributed by atoms with Crippen LogP contribution in [-0.4, -0.2) is 29.3 Å². The van der Waals surface area contributed by atoms with Gasteiger partial charge in [0.05, 0.1) is 22.2 Å². The second-order valence-corrected chi connectivity index (χ2v) is 12.3. The molecule has 0 radical (unpaired) electrons. The molecular formula is C42H28N6O. The number of para-hydroxylation sites is 3. The number of aromatic nitrogens is 6. The maximum Gasteiger partial charge on any atom is 0.248 e. The second kappa shape index (κ2) is 11.0. The van der Waals surface area contributed by atoms with Crippen LogP contribution in [0.2, 0.25) is 0 Å². The molecule has 0 N–H and O–H groups in total. The summed E-state index contributed by atoms with van der Waals surface area (Å²) in [5.41, 5.74) is 10.5. The van der Waals surface area contributed by atoms with Crippen molar-refractivity contribution in [2.75, 3.05) is 0 Å². The molecule has 1 aliphatic carbocycles. The number of allylic oxidation sites excluding steroid dienone is 1. The summed E-state index contributed by atoms with van der Waals surface area (Å²) in [5, 5.41) is 12.7. The fourth-order valence-corrected chi connectivity index (χ4v) is 7.37. The van der Waals surface area contributed by atoms with Gasteiger partial charge in [0, 0.05) is 62.2 Å². The molecule has 0 unspecified atom stereocenters. The zero-order chi connectivity index (χ0) is 32.3. The molecule has 0 aliphatic heterocycles. The molecule has 7 nitrogen and oxygen atoms in total. The van der Waals surface area contributed by atoms with E-state index in [2.05, 4.69) is 134 Å². The Morgan fingerprint density at radius 3 is 2.22 bits per heavy atom. The van der Waals surface area contributed by atoms with E-state index in [0.717, 1.165) is 79.6 Å². The van der Waals surface area contributed by atoms with E-state index in [-0.39, 0.29) is 0 Å². The molecule has 0 bridgehead atoms. The summed E-state index contributed by atoms with van der Waals surface area (Å²) in [4.78, 5) is 9.41. The first-order valence-corrected chi connectivity index (χ1v) is 16.5. The van der Waals surface area contributed by atoms with E-state index < -0.39 is 0 Å². The third-order valence-electron chi connectivity index (χ3n) is 9.48. The number of benzene rings is 4. The standard InChI is InChI=1S/C42H28N6O/c1-2-12-29(13-3-1)47-35-18-6-4-14-30(35)33-25-27(22-23-37(33)47)41-45-46-42(49-41)32-16-8-20-38-40(32)31-15-5-7-19-36(31)48(38)39-21-9-17-34(44-39)28-11-10-24-43-26-28/h1-7,9-19,21-26H,8,20H2. The van der Waals surface area contributed by atoms with Crippen molar-refractivity contribution in [1.82, 2.24) is 29.3 Å². The van der Waals surface area contributed by atoms with Gasteiger partial charge >= 0.3 is 0 Å². The van der Waals surface area contributed by atoms with E-state index in [0.29, 0.717) is 11.8 Å². The molecule has 9 aromatic rings. The molecule has 0 fully saturated rings. The van der Waals surface area contributed by atoms with E-state index in [1.54, 1.807) is 6.20 Å². The van der Waals surface area contributed by atoms with Gasteiger partial charge in [0.2, 0.25) is 11.8 Å². The van der Waals surface area contributed by atoms with Crippen LogP contribution in [-0.2, 0) is 6.42 Å². The molecule has 5 heterocycles. The minimum atomic E-state index is 0.496. The van der Waals surface area contributed by atoms with E-state index >= 15 is 0 Å². The predicted molar refractivity (Wildman–Crippen MR) is 194 cm³/mol. The van der Waals surface area contributed by atoms with Crippen LogP contribution in [0.15, 0.2) is 150 Å². The molecule has 7 heteroatoms. The van der Waals surface area contributed by atoms with Crippen molar-refractivity contribution in [2.24, 2.45) is 0 Å². The van der Waals surface area contributed by atoms with Crippen LogP contribution in [0.25, 0.3) is 72.5 Å². The molecule has 4 aromatic carbocycles. The van der Waals surface area contributed by atoms with Gasteiger partial charge in [-0.05, 0) is 79.6 Å². The van der Waals surface area contributed by atoms with Crippen molar-refractivity contribution in [2.45, 2.75) is 12.8 Å². The maximum atomic E-state index is 6.53. The van der Waals surface area contributed by atoms with Crippen LogP contribution in [0.1, 0.15) is 23.6 Å². The summed E-state index contributed by atoms with van der Waals surface area (Å²) in [5.74, 6) is 1.88. The van der Waals surface area contributed by atoms with E-state index in [4.69, 9.17) is 9.40 Å². The Bertz CT molecular complexity index is 2720. The molecule has 5 aromatic heterocycles. The molecule has 0 spiro atoms. The van der Waals surface area contributed by atoms with Crippen molar-refractivity contribution in [1.29, 1.82) is 0 Å². The minimum Gasteiger partial charge on any atom is -0.416 e. The highest BCUT2D eigenvalue weighted by Gasteiger charge is 2.28. The zero-order valence-electron chi connectivity index (χ0n) is 26.4. The summed E-state index contributed by atoms with van der Waals surface area (Å²) < 4.78 is 11.1.